The zero-order valence-electron chi connectivity index (χ0n) is 19.1. The van der Waals surface area contributed by atoms with Crippen molar-refractivity contribution in [3.63, 3.8) is 0 Å². The molecular weight excluding hydrogens is 583 g/mol. The smallest absolute Gasteiger partial charge is 0.257 e. The van der Waals surface area contributed by atoms with Crippen LogP contribution in [0.4, 0.5) is 0 Å². The number of nitrogens with zero attached hydrogens (tertiary/aromatic N) is 2. The minimum Gasteiger partial charge on any atom is -0.543 e. The van der Waals surface area contributed by atoms with Crippen LogP contribution in [0.5, 0.6) is 0 Å². The standard InChI is InChI=1S/C23H19Cl3N4O5S2/c1-27-20(32)11-3-2-4-29(7-11)8-12-9-37-22-18(21(33)30(22)19(12)23(34)35)28-17(31)10-36-16-6-14(25)13(24)5-15(16)26/h2-7,18,22H,8-10H2,1H3,(H2-,27,28,31,32,34,35)/t18-,22-/m1/s1. The Labute approximate surface area is 235 Å². The van der Waals surface area contributed by atoms with E-state index in [0.29, 0.717) is 36.9 Å². The number of carbonyl (C=O) groups excluding carboxylic acids is 4. The Morgan fingerprint density at radius 3 is 2.65 bits per heavy atom. The van der Waals surface area contributed by atoms with Gasteiger partial charge in [-0.3, -0.25) is 19.3 Å². The normalized spacial score (nSPS) is 18.7. The molecule has 0 unspecified atom stereocenters. The van der Waals surface area contributed by atoms with Gasteiger partial charge < -0.3 is 20.5 Å². The number of aromatic nitrogens is 1. The molecule has 0 spiro atoms. The van der Waals surface area contributed by atoms with Crippen LogP contribution < -0.4 is 20.3 Å². The van der Waals surface area contributed by atoms with Crippen LogP contribution in [0.15, 0.2) is 52.8 Å². The van der Waals surface area contributed by atoms with E-state index in [0.717, 1.165) is 16.7 Å². The molecule has 1 aromatic carbocycles. The van der Waals surface area contributed by atoms with Gasteiger partial charge in [0.25, 0.3) is 11.8 Å². The molecule has 3 heterocycles. The number of nitrogens with one attached hydrogen (secondary N) is 2. The molecular formula is C23H19Cl3N4O5S2. The number of fused-ring (bicyclic) bond motifs is 1. The van der Waals surface area contributed by atoms with Gasteiger partial charge in [-0.2, -0.15) is 0 Å². The first kappa shape index (κ1) is 27.6. The fourth-order valence-corrected chi connectivity index (χ4v) is 6.76. The summed E-state index contributed by atoms with van der Waals surface area (Å²) in [5.74, 6) is -2.45. The van der Waals surface area contributed by atoms with Crippen LogP contribution in [-0.4, -0.2) is 58.6 Å². The van der Waals surface area contributed by atoms with Crippen molar-refractivity contribution in [2.75, 3.05) is 18.6 Å². The third-order valence-electron chi connectivity index (χ3n) is 5.61. The van der Waals surface area contributed by atoms with Crippen molar-refractivity contribution in [2.24, 2.45) is 0 Å². The van der Waals surface area contributed by atoms with E-state index in [9.17, 15) is 24.3 Å². The van der Waals surface area contributed by atoms with E-state index < -0.39 is 29.2 Å². The van der Waals surface area contributed by atoms with Gasteiger partial charge in [0.1, 0.15) is 17.0 Å². The van der Waals surface area contributed by atoms with E-state index >= 15 is 0 Å². The van der Waals surface area contributed by atoms with Gasteiger partial charge in [0.05, 0.1) is 32.5 Å². The SMILES string of the molecule is CNC(=O)c1ccc[n+](CC2=C(C(=O)[O-])N3C(=O)[C@@H](NC(=O)CSc4cc(Cl)c(Cl)cc4Cl)[C@H]3SC2)c1. The Balaban J connectivity index is 1.43. The van der Waals surface area contributed by atoms with Crippen molar-refractivity contribution in [3.8, 4) is 0 Å². The van der Waals surface area contributed by atoms with E-state index in [1.165, 1.54) is 24.9 Å². The second-order valence-electron chi connectivity index (χ2n) is 8.02. The lowest BCUT2D eigenvalue weighted by molar-refractivity contribution is -0.689. The number of hydrogen-bond acceptors (Lipinski definition) is 7. The van der Waals surface area contributed by atoms with Gasteiger partial charge in [-0.05, 0) is 18.2 Å². The molecule has 194 valence electrons. The minimum atomic E-state index is -1.48. The molecule has 9 nitrogen and oxygen atoms in total. The molecule has 2 aliphatic heterocycles. The fraction of sp³-hybridized carbons (Fsp3) is 0.261. The summed E-state index contributed by atoms with van der Waals surface area (Å²) in [6.45, 7) is 0.149. The number of hydrogen-bond donors (Lipinski definition) is 2. The maximum absolute atomic E-state index is 12.9. The number of β-lactam (4-membered cyclic amide) rings is 1. The molecule has 3 amide bonds. The third kappa shape index (κ3) is 5.85. The monoisotopic (exact) mass is 600 g/mol. The summed E-state index contributed by atoms with van der Waals surface area (Å²) < 4.78 is 1.67. The van der Waals surface area contributed by atoms with Crippen LogP contribution >= 0.6 is 58.3 Å². The lowest BCUT2D eigenvalue weighted by Crippen LogP contribution is -2.71. The maximum Gasteiger partial charge on any atom is 0.257 e. The van der Waals surface area contributed by atoms with Crippen LogP contribution in [0.25, 0.3) is 0 Å². The number of benzene rings is 1. The zero-order chi connectivity index (χ0) is 26.9. The quantitative estimate of drug-likeness (QED) is 0.203. The minimum absolute atomic E-state index is 0.0361. The predicted octanol–water partition coefficient (Wildman–Crippen LogP) is 1.49. The number of carboxylic acids is 1. The summed E-state index contributed by atoms with van der Waals surface area (Å²) in [6.07, 6.45) is 3.29. The molecule has 0 bridgehead atoms. The molecule has 1 saturated heterocycles. The number of amides is 3. The lowest BCUT2D eigenvalue weighted by Gasteiger charge is -2.50. The fourth-order valence-electron chi connectivity index (χ4n) is 3.89. The lowest BCUT2D eigenvalue weighted by atomic mass is 10.0. The van der Waals surface area contributed by atoms with Crippen molar-refractivity contribution >= 4 is 82.0 Å². The Bertz CT molecular complexity index is 1340. The molecule has 0 aliphatic carbocycles. The topological polar surface area (TPSA) is 123 Å². The highest BCUT2D eigenvalue weighted by Gasteiger charge is 2.53. The van der Waals surface area contributed by atoms with Crippen LogP contribution in [0.2, 0.25) is 15.1 Å². The number of carboxylic acid groups (broad SMARTS) is 1. The van der Waals surface area contributed by atoms with E-state index in [1.54, 1.807) is 35.2 Å². The molecule has 2 N–H and O–H groups in total. The maximum atomic E-state index is 12.9. The van der Waals surface area contributed by atoms with Crippen molar-refractivity contribution in [2.45, 2.75) is 22.9 Å². The van der Waals surface area contributed by atoms with Crippen LogP contribution in [0.1, 0.15) is 10.4 Å². The second-order valence-corrected chi connectivity index (χ2v) is 11.4. The Hall–Kier alpha value is -2.44. The van der Waals surface area contributed by atoms with E-state index in [-0.39, 0.29) is 23.9 Å². The number of aliphatic carboxylic acids is 1. The molecule has 0 saturated carbocycles. The van der Waals surface area contributed by atoms with E-state index in [4.69, 9.17) is 34.8 Å². The molecule has 4 rings (SSSR count). The van der Waals surface area contributed by atoms with Gasteiger partial charge in [0.15, 0.2) is 18.9 Å². The van der Waals surface area contributed by atoms with Crippen LogP contribution in [-0.2, 0) is 20.9 Å². The largest absolute Gasteiger partial charge is 0.543 e. The highest BCUT2D eigenvalue weighted by atomic mass is 35.5. The summed E-state index contributed by atoms with van der Waals surface area (Å²) in [4.78, 5) is 51.1. The average Bonchev–Trinajstić information content (AvgIpc) is 2.87. The van der Waals surface area contributed by atoms with Crippen LogP contribution in [0.3, 0.4) is 0 Å². The first-order valence-electron chi connectivity index (χ1n) is 10.8. The van der Waals surface area contributed by atoms with Gasteiger partial charge >= 0.3 is 0 Å². The summed E-state index contributed by atoms with van der Waals surface area (Å²) >= 11 is 20.5. The Morgan fingerprint density at radius 1 is 1.22 bits per heavy atom. The Kier molecular flexibility index (Phi) is 8.59. The molecule has 1 fully saturated rings. The van der Waals surface area contributed by atoms with Crippen molar-refractivity contribution in [1.29, 1.82) is 0 Å². The number of rotatable bonds is 8. The summed E-state index contributed by atoms with van der Waals surface area (Å²) in [6, 6.07) is 5.47. The second kappa shape index (κ2) is 11.5. The van der Waals surface area contributed by atoms with Gasteiger partial charge in [0, 0.05) is 29.3 Å². The highest BCUT2D eigenvalue weighted by Crippen LogP contribution is 2.40. The number of pyridine rings is 1. The van der Waals surface area contributed by atoms with Crippen molar-refractivity contribution in [1.82, 2.24) is 15.5 Å². The molecule has 2 aromatic rings. The third-order valence-corrected chi connectivity index (χ3v) is 9.15. The van der Waals surface area contributed by atoms with Gasteiger partial charge in [0.2, 0.25) is 5.91 Å². The van der Waals surface area contributed by atoms with Crippen molar-refractivity contribution < 1.29 is 28.9 Å². The highest BCUT2D eigenvalue weighted by molar-refractivity contribution is 8.00. The molecule has 2 atom stereocenters. The summed E-state index contributed by atoms with van der Waals surface area (Å²) in [7, 11) is 1.51. The first-order valence-corrected chi connectivity index (χ1v) is 13.9. The van der Waals surface area contributed by atoms with Crippen molar-refractivity contribution in [3.05, 3.63) is 68.6 Å². The van der Waals surface area contributed by atoms with Gasteiger partial charge in [-0.25, -0.2) is 4.57 Å². The molecule has 0 radical (unpaired) electrons. The first-order chi connectivity index (χ1) is 17.6. The molecule has 37 heavy (non-hydrogen) atoms. The van der Waals surface area contributed by atoms with Gasteiger partial charge in [-0.15, -0.1) is 23.5 Å². The summed E-state index contributed by atoms with van der Waals surface area (Å²) in [5.41, 5.74) is 0.655. The van der Waals surface area contributed by atoms with E-state index in [1.807, 2.05) is 0 Å². The number of carbonyl (C=O) groups is 4. The average molecular weight is 602 g/mol. The number of halogens is 3. The number of thioether (sulfide) groups is 2. The Morgan fingerprint density at radius 2 is 1.95 bits per heavy atom. The zero-order valence-corrected chi connectivity index (χ0v) is 23.0. The van der Waals surface area contributed by atoms with Crippen LogP contribution in [0, 0.1) is 0 Å². The van der Waals surface area contributed by atoms with Gasteiger partial charge in [-0.1, -0.05) is 34.8 Å². The summed E-state index contributed by atoms with van der Waals surface area (Å²) in [5, 5.41) is 17.6. The van der Waals surface area contributed by atoms with E-state index in [2.05, 4.69) is 10.6 Å². The molecule has 14 heteroatoms. The molecule has 1 aromatic heterocycles. The predicted molar refractivity (Wildman–Crippen MR) is 139 cm³/mol. The molecule has 2 aliphatic rings.